The summed E-state index contributed by atoms with van der Waals surface area (Å²) < 4.78 is 26.6. The highest BCUT2D eigenvalue weighted by Gasteiger charge is 2.22. The molecule has 150 valence electrons. The number of benzene rings is 2. The first-order valence-electron chi connectivity index (χ1n) is 8.61. The molecule has 0 saturated carbocycles. The summed E-state index contributed by atoms with van der Waals surface area (Å²) in [5.41, 5.74) is 3.66. The van der Waals surface area contributed by atoms with Gasteiger partial charge in [0.15, 0.2) is 0 Å². The molecular formula is C19H21Cl2N3O3S. The van der Waals surface area contributed by atoms with Crippen LogP contribution in [-0.4, -0.2) is 37.4 Å². The Labute approximate surface area is 175 Å². The molecule has 0 spiro atoms. The van der Waals surface area contributed by atoms with Crippen molar-refractivity contribution in [3.8, 4) is 0 Å². The quantitative estimate of drug-likeness (QED) is 0.516. The van der Waals surface area contributed by atoms with Gasteiger partial charge in [-0.3, -0.25) is 4.79 Å². The second kappa shape index (κ2) is 9.52. The van der Waals surface area contributed by atoms with E-state index in [1.165, 1.54) is 28.6 Å². The van der Waals surface area contributed by atoms with Gasteiger partial charge in [0.1, 0.15) is 0 Å². The Hall–Kier alpha value is -1.93. The fourth-order valence-corrected chi connectivity index (χ4v) is 4.48. The van der Waals surface area contributed by atoms with Crippen LogP contribution < -0.4 is 5.43 Å². The lowest BCUT2D eigenvalue weighted by Gasteiger charge is -2.18. The minimum absolute atomic E-state index is 0.0578. The van der Waals surface area contributed by atoms with Crippen molar-refractivity contribution in [3.63, 3.8) is 0 Å². The molecule has 0 fully saturated rings. The van der Waals surface area contributed by atoms with Crippen LogP contribution in [0.1, 0.15) is 36.7 Å². The lowest BCUT2D eigenvalue weighted by Crippen LogP contribution is -2.30. The third-order valence-electron chi connectivity index (χ3n) is 4.08. The van der Waals surface area contributed by atoms with Crippen LogP contribution in [0.3, 0.4) is 0 Å². The number of amides is 1. The Morgan fingerprint density at radius 2 is 1.79 bits per heavy atom. The average Bonchev–Trinajstić information content (AvgIpc) is 2.68. The summed E-state index contributed by atoms with van der Waals surface area (Å²) >= 11 is 12.1. The lowest BCUT2D eigenvalue weighted by atomic mass is 10.1. The van der Waals surface area contributed by atoms with Crippen molar-refractivity contribution < 1.29 is 13.2 Å². The van der Waals surface area contributed by atoms with E-state index in [-0.39, 0.29) is 10.5 Å². The first kappa shape index (κ1) is 22.4. The van der Waals surface area contributed by atoms with Crippen LogP contribution in [0, 0.1) is 0 Å². The molecule has 0 aliphatic heterocycles. The Kier molecular flexibility index (Phi) is 7.60. The highest BCUT2D eigenvalue weighted by Crippen LogP contribution is 2.21. The molecular weight excluding hydrogens is 421 g/mol. The van der Waals surface area contributed by atoms with Crippen LogP contribution in [0.2, 0.25) is 10.0 Å². The normalized spacial score (nSPS) is 12.3. The minimum atomic E-state index is -3.66. The number of carbonyl (C=O) groups excluding carboxylic acids is 1. The molecule has 0 aliphatic rings. The molecule has 0 radical (unpaired) electrons. The monoisotopic (exact) mass is 441 g/mol. The Balaban J connectivity index is 2.25. The number of nitrogens with zero attached hydrogens (tertiary/aromatic N) is 2. The van der Waals surface area contributed by atoms with Crippen LogP contribution in [-0.2, 0) is 10.0 Å². The predicted molar refractivity (Wildman–Crippen MR) is 113 cm³/mol. The van der Waals surface area contributed by atoms with Gasteiger partial charge in [0, 0.05) is 34.3 Å². The zero-order chi connectivity index (χ0) is 20.9. The first-order chi connectivity index (χ1) is 13.2. The molecule has 0 aromatic heterocycles. The number of hydrazone groups is 1. The molecule has 2 aromatic carbocycles. The van der Waals surface area contributed by atoms with E-state index >= 15 is 0 Å². The van der Waals surface area contributed by atoms with Crippen LogP contribution >= 0.6 is 23.2 Å². The molecule has 0 unspecified atom stereocenters. The minimum Gasteiger partial charge on any atom is -0.267 e. The van der Waals surface area contributed by atoms with Gasteiger partial charge in [0.25, 0.3) is 5.91 Å². The van der Waals surface area contributed by atoms with Gasteiger partial charge >= 0.3 is 0 Å². The van der Waals surface area contributed by atoms with Crippen molar-refractivity contribution in [3.05, 3.63) is 63.6 Å². The lowest BCUT2D eigenvalue weighted by molar-refractivity contribution is 0.0954. The molecule has 0 bridgehead atoms. The fourth-order valence-electron chi connectivity index (χ4n) is 2.54. The maximum Gasteiger partial charge on any atom is 0.271 e. The van der Waals surface area contributed by atoms with E-state index in [2.05, 4.69) is 10.5 Å². The summed E-state index contributed by atoms with van der Waals surface area (Å²) in [5, 5.41) is 4.99. The summed E-state index contributed by atoms with van der Waals surface area (Å²) in [7, 11) is -3.66. The van der Waals surface area contributed by atoms with E-state index in [1.54, 1.807) is 39.0 Å². The fraction of sp³-hybridized carbons (Fsp3) is 0.263. The van der Waals surface area contributed by atoms with Crippen LogP contribution in [0.15, 0.2) is 52.5 Å². The molecule has 0 heterocycles. The zero-order valence-electron chi connectivity index (χ0n) is 15.7. The van der Waals surface area contributed by atoms with Gasteiger partial charge in [-0.1, -0.05) is 43.1 Å². The summed E-state index contributed by atoms with van der Waals surface area (Å²) in [6, 6.07) is 10.8. The SMILES string of the molecule is CCN(CC)S(=O)(=O)c1cccc(C(=O)N/N=C(/C)c2cc(Cl)ccc2Cl)c1. The summed E-state index contributed by atoms with van der Waals surface area (Å²) in [4.78, 5) is 12.5. The molecule has 1 N–H and O–H groups in total. The van der Waals surface area contributed by atoms with E-state index in [0.717, 1.165) is 0 Å². The van der Waals surface area contributed by atoms with E-state index in [1.807, 2.05) is 0 Å². The van der Waals surface area contributed by atoms with Crippen molar-refractivity contribution in [2.75, 3.05) is 13.1 Å². The molecule has 6 nitrogen and oxygen atoms in total. The molecule has 28 heavy (non-hydrogen) atoms. The van der Waals surface area contributed by atoms with Gasteiger partial charge in [-0.05, 0) is 43.3 Å². The Bertz CT molecular complexity index is 1000. The summed E-state index contributed by atoms with van der Waals surface area (Å²) in [6.45, 7) is 5.89. The molecule has 9 heteroatoms. The number of halogens is 2. The second-order valence-corrected chi connectivity index (χ2v) is 8.66. The van der Waals surface area contributed by atoms with Crippen molar-refractivity contribution in [2.24, 2.45) is 5.10 Å². The molecule has 0 saturated heterocycles. The molecule has 2 rings (SSSR count). The number of sulfonamides is 1. The van der Waals surface area contributed by atoms with Gasteiger partial charge in [-0.2, -0.15) is 9.41 Å². The van der Waals surface area contributed by atoms with Gasteiger partial charge in [0.2, 0.25) is 10.0 Å². The molecule has 0 aliphatic carbocycles. The maximum absolute atomic E-state index is 12.6. The number of nitrogens with one attached hydrogen (secondary N) is 1. The highest BCUT2D eigenvalue weighted by molar-refractivity contribution is 7.89. The maximum atomic E-state index is 12.6. The van der Waals surface area contributed by atoms with Crippen molar-refractivity contribution in [1.82, 2.24) is 9.73 Å². The second-order valence-electron chi connectivity index (χ2n) is 5.88. The number of hydrogen-bond donors (Lipinski definition) is 1. The third kappa shape index (κ3) is 5.11. The van der Waals surface area contributed by atoms with E-state index in [9.17, 15) is 13.2 Å². The summed E-state index contributed by atoms with van der Waals surface area (Å²) in [5.74, 6) is -0.533. The van der Waals surface area contributed by atoms with Gasteiger partial charge in [0.05, 0.1) is 10.6 Å². The van der Waals surface area contributed by atoms with Gasteiger partial charge in [-0.25, -0.2) is 13.8 Å². The highest BCUT2D eigenvalue weighted by atomic mass is 35.5. The van der Waals surface area contributed by atoms with E-state index < -0.39 is 15.9 Å². The van der Waals surface area contributed by atoms with Crippen molar-refractivity contribution in [1.29, 1.82) is 0 Å². The molecule has 0 atom stereocenters. The van der Waals surface area contributed by atoms with Gasteiger partial charge < -0.3 is 0 Å². The summed E-state index contributed by atoms with van der Waals surface area (Å²) in [6.07, 6.45) is 0. The Morgan fingerprint density at radius 1 is 1.11 bits per heavy atom. The molecule has 2 aromatic rings. The van der Waals surface area contributed by atoms with Crippen LogP contribution in [0.25, 0.3) is 0 Å². The number of hydrogen-bond acceptors (Lipinski definition) is 4. The Morgan fingerprint density at radius 3 is 2.43 bits per heavy atom. The smallest absolute Gasteiger partial charge is 0.267 e. The van der Waals surface area contributed by atoms with Crippen LogP contribution in [0.5, 0.6) is 0 Å². The number of rotatable bonds is 7. The van der Waals surface area contributed by atoms with Crippen molar-refractivity contribution >= 4 is 44.8 Å². The molecule has 1 amide bonds. The average molecular weight is 442 g/mol. The van der Waals surface area contributed by atoms with Crippen LogP contribution in [0.4, 0.5) is 0 Å². The largest absolute Gasteiger partial charge is 0.271 e. The standard InChI is InChI=1S/C19H21Cl2N3O3S/c1-4-24(5-2)28(26,27)16-8-6-7-14(11-16)19(25)23-22-13(3)17-12-15(20)9-10-18(17)21/h6-12H,4-5H2,1-3H3,(H,23,25)/b22-13-. The van der Waals surface area contributed by atoms with E-state index in [0.29, 0.717) is 34.4 Å². The predicted octanol–water partition coefficient (Wildman–Crippen LogP) is 4.18. The first-order valence-corrected chi connectivity index (χ1v) is 10.8. The number of carbonyl (C=O) groups is 1. The third-order valence-corrected chi connectivity index (χ3v) is 6.69. The van der Waals surface area contributed by atoms with E-state index in [4.69, 9.17) is 23.2 Å². The van der Waals surface area contributed by atoms with Crippen molar-refractivity contribution in [2.45, 2.75) is 25.7 Å². The zero-order valence-corrected chi connectivity index (χ0v) is 18.1. The van der Waals surface area contributed by atoms with Gasteiger partial charge in [-0.15, -0.1) is 0 Å². The topological polar surface area (TPSA) is 78.8 Å².